The number of hydrogen-bond acceptors (Lipinski definition) is 2. The second kappa shape index (κ2) is 7.00. The van der Waals surface area contributed by atoms with Crippen LogP contribution in [-0.2, 0) is 6.54 Å². The number of nitrogens with one attached hydrogen (secondary N) is 1. The Morgan fingerprint density at radius 2 is 2.12 bits per heavy atom. The fourth-order valence-electron chi connectivity index (χ4n) is 1.80. The van der Waals surface area contributed by atoms with Gasteiger partial charge in [0.15, 0.2) is 0 Å². The van der Waals surface area contributed by atoms with E-state index in [9.17, 15) is 0 Å². The van der Waals surface area contributed by atoms with E-state index < -0.39 is 0 Å². The first-order chi connectivity index (χ1) is 8.02. The predicted octanol–water partition coefficient (Wildman–Crippen LogP) is 3.08. The van der Waals surface area contributed by atoms with Gasteiger partial charge >= 0.3 is 0 Å². The second-order valence-electron chi connectivity index (χ2n) is 4.71. The third-order valence-corrected chi connectivity index (χ3v) is 3.31. The summed E-state index contributed by atoms with van der Waals surface area (Å²) in [5.74, 6) is 0. The van der Waals surface area contributed by atoms with Crippen LogP contribution in [-0.4, -0.2) is 31.1 Å². The van der Waals surface area contributed by atoms with Gasteiger partial charge in [0.2, 0.25) is 0 Å². The zero-order valence-electron chi connectivity index (χ0n) is 11.3. The lowest BCUT2D eigenvalue weighted by Gasteiger charge is -2.21. The van der Waals surface area contributed by atoms with Crippen molar-refractivity contribution < 1.29 is 0 Å². The summed E-state index contributed by atoms with van der Waals surface area (Å²) in [6, 6.07) is 6.56. The molecule has 0 aliphatic rings. The predicted molar refractivity (Wildman–Crippen MR) is 75.7 cm³/mol. The highest BCUT2D eigenvalue weighted by Gasteiger charge is 2.05. The van der Waals surface area contributed by atoms with Gasteiger partial charge in [0.1, 0.15) is 0 Å². The molecule has 1 rings (SSSR count). The van der Waals surface area contributed by atoms with Crippen molar-refractivity contribution in [2.24, 2.45) is 0 Å². The summed E-state index contributed by atoms with van der Waals surface area (Å²) in [5.41, 5.74) is 2.57. The molecule has 1 N–H and O–H groups in total. The quantitative estimate of drug-likeness (QED) is 0.839. The van der Waals surface area contributed by atoms with Gasteiger partial charge < -0.3 is 10.2 Å². The van der Waals surface area contributed by atoms with E-state index >= 15 is 0 Å². The summed E-state index contributed by atoms with van der Waals surface area (Å²) in [5, 5.41) is 4.35. The van der Waals surface area contributed by atoms with Crippen molar-refractivity contribution in [1.29, 1.82) is 0 Å². The minimum absolute atomic E-state index is 0.495. The van der Waals surface area contributed by atoms with Gasteiger partial charge in [-0.2, -0.15) is 0 Å². The molecule has 1 aromatic carbocycles. The summed E-state index contributed by atoms with van der Waals surface area (Å²) in [7, 11) is 2.14. The van der Waals surface area contributed by atoms with Crippen LogP contribution in [0.1, 0.15) is 25.0 Å². The molecule has 0 aliphatic carbocycles. The number of rotatable bonds is 6. The maximum atomic E-state index is 5.94. The fraction of sp³-hybridized carbons (Fsp3) is 0.571. The average molecular weight is 255 g/mol. The van der Waals surface area contributed by atoms with E-state index in [4.69, 9.17) is 11.6 Å². The van der Waals surface area contributed by atoms with Crippen LogP contribution in [0.15, 0.2) is 18.2 Å². The van der Waals surface area contributed by atoms with Crippen molar-refractivity contribution in [2.75, 3.05) is 20.1 Å². The molecule has 0 spiro atoms. The first kappa shape index (κ1) is 14.5. The minimum Gasteiger partial charge on any atom is -0.309 e. The molecule has 1 unspecified atom stereocenters. The van der Waals surface area contributed by atoms with Crippen molar-refractivity contribution in [3.8, 4) is 0 Å². The largest absolute Gasteiger partial charge is 0.309 e. The molecule has 3 heteroatoms. The first-order valence-corrected chi connectivity index (χ1v) is 6.57. The monoisotopic (exact) mass is 254 g/mol. The molecule has 0 aromatic heterocycles. The topological polar surface area (TPSA) is 15.3 Å². The Hall–Kier alpha value is -0.570. The number of aryl methyl sites for hydroxylation is 1. The highest BCUT2D eigenvalue weighted by molar-refractivity contribution is 6.30. The SMILES string of the molecule is CCN(C)CC(C)NCc1ccc(Cl)cc1C. The van der Waals surface area contributed by atoms with Gasteiger partial charge in [-0.25, -0.2) is 0 Å². The molecule has 0 aliphatic heterocycles. The van der Waals surface area contributed by atoms with Gasteiger partial charge in [-0.1, -0.05) is 24.6 Å². The van der Waals surface area contributed by atoms with Crippen molar-refractivity contribution in [3.63, 3.8) is 0 Å². The lowest BCUT2D eigenvalue weighted by molar-refractivity contribution is 0.309. The van der Waals surface area contributed by atoms with Crippen LogP contribution >= 0.6 is 11.6 Å². The minimum atomic E-state index is 0.495. The van der Waals surface area contributed by atoms with E-state index in [2.05, 4.69) is 44.1 Å². The molecule has 0 radical (unpaired) electrons. The number of nitrogens with zero attached hydrogens (tertiary/aromatic N) is 1. The number of hydrogen-bond donors (Lipinski definition) is 1. The fourth-order valence-corrected chi connectivity index (χ4v) is 2.03. The Kier molecular flexibility index (Phi) is 5.96. The van der Waals surface area contributed by atoms with Crippen LogP contribution in [0.3, 0.4) is 0 Å². The molecule has 17 heavy (non-hydrogen) atoms. The lowest BCUT2D eigenvalue weighted by atomic mass is 10.1. The van der Waals surface area contributed by atoms with Crippen molar-refractivity contribution in [3.05, 3.63) is 34.3 Å². The summed E-state index contributed by atoms with van der Waals surface area (Å²) in [6.45, 7) is 9.57. The van der Waals surface area contributed by atoms with Crippen LogP contribution in [0.2, 0.25) is 5.02 Å². The molecule has 0 amide bonds. The zero-order valence-corrected chi connectivity index (χ0v) is 12.0. The van der Waals surface area contributed by atoms with Gasteiger partial charge in [0.05, 0.1) is 0 Å². The van der Waals surface area contributed by atoms with Gasteiger partial charge in [0, 0.05) is 24.2 Å². The molecule has 0 bridgehead atoms. The van der Waals surface area contributed by atoms with Gasteiger partial charge in [-0.15, -0.1) is 0 Å². The van der Waals surface area contributed by atoms with Crippen LogP contribution in [0.5, 0.6) is 0 Å². The lowest BCUT2D eigenvalue weighted by Crippen LogP contribution is -2.37. The second-order valence-corrected chi connectivity index (χ2v) is 5.14. The number of likely N-dealkylation sites (N-methyl/N-ethyl adjacent to an activating group) is 1. The van der Waals surface area contributed by atoms with E-state index in [1.165, 1.54) is 11.1 Å². The molecule has 1 atom stereocenters. The van der Waals surface area contributed by atoms with E-state index in [0.29, 0.717) is 6.04 Å². The standard InChI is InChI=1S/C14H23ClN2/c1-5-17(4)10-12(3)16-9-13-6-7-14(15)8-11(13)2/h6-8,12,16H,5,9-10H2,1-4H3. The van der Waals surface area contributed by atoms with Crippen LogP contribution in [0, 0.1) is 6.92 Å². The zero-order chi connectivity index (χ0) is 12.8. The molecule has 0 saturated carbocycles. The normalized spacial score (nSPS) is 13.1. The average Bonchev–Trinajstić information content (AvgIpc) is 2.27. The number of halogens is 1. The van der Waals surface area contributed by atoms with Gasteiger partial charge in [-0.05, 0) is 50.7 Å². The Balaban J connectivity index is 2.44. The Morgan fingerprint density at radius 3 is 2.71 bits per heavy atom. The molecular weight excluding hydrogens is 232 g/mol. The maximum absolute atomic E-state index is 5.94. The van der Waals surface area contributed by atoms with E-state index in [1.54, 1.807) is 0 Å². The van der Waals surface area contributed by atoms with Crippen molar-refractivity contribution in [1.82, 2.24) is 10.2 Å². The Morgan fingerprint density at radius 1 is 1.41 bits per heavy atom. The van der Waals surface area contributed by atoms with Crippen molar-refractivity contribution in [2.45, 2.75) is 33.4 Å². The third kappa shape index (κ3) is 5.07. The Bertz CT molecular complexity index is 352. The first-order valence-electron chi connectivity index (χ1n) is 6.20. The smallest absolute Gasteiger partial charge is 0.0408 e. The summed E-state index contributed by atoms with van der Waals surface area (Å²) >= 11 is 5.94. The van der Waals surface area contributed by atoms with Gasteiger partial charge in [-0.3, -0.25) is 0 Å². The maximum Gasteiger partial charge on any atom is 0.0408 e. The van der Waals surface area contributed by atoms with Crippen molar-refractivity contribution >= 4 is 11.6 Å². The summed E-state index contributed by atoms with van der Waals surface area (Å²) < 4.78 is 0. The molecule has 0 heterocycles. The highest BCUT2D eigenvalue weighted by atomic mass is 35.5. The summed E-state index contributed by atoms with van der Waals surface area (Å²) in [6.07, 6.45) is 0. The molecule has 2 nitrogen and oxygen atoms in total. The van der Waals surface area contributed by atoms with Crippen LogP contribution in [0.4, 0.5) is 0 Å². The molecule has 1 aromatic rings. The van der Waals surface area contributed by atoms with Gasteiger partial charge in [0.25, 0.3) is 0 Å². The summed E-state index contributed by atoms with van der Waals surface area (Å²) in [4.78, 5) is 2.31. The molecule has 96 valence electrons. The highest BCUT2D eigenvalue weighted by Crippen LogP contribution is 2.15. The molecular formula is C14H23ClN2. The van der Waals surface area contributed by atoms with Crippen LogP contribution < -0.4 is 5.32 Å². The Labute approximate surface area is 110 Å². The third-order valence-electron chi connectivity index (χ3n) is 3.07. The molecule has 0 saturated heterocycles. The van der Waals surface area contributed by atoms with E-state index in [0.717, 1.165) is 24.7 Å². The number of benzene rings is 1. The van der Waals surface area contributed by atoms with E-state index in [1.807, 2.05) is 12.1 Å². The van der Waals surface area contributed by atoms with E-state index in [-0.39, 0.29) is 0 Å². The van der Waals surface area contributed by atoms with Crippen LogP contribution in [0.25, 0.3) is 0 Å². The molecule has 0 fully saturated rings.